The molecule has 0 aromatic heterocycles. The molecule has 0 bridgehead atoms. The summed E-state index contributed by atoms with van der Waals surface area (Å²) in [6, 6.07) is 0. The van der Waals surface area contributed by atoms with E-state index in [1.54, 1.807) is 0 Å². The molecule has 0 atom stereocenters. The van der Waals surface area contributed by atoms with Crippen molar-refractivity contribution in [1.82, 2.24) is 0 Å². The van der Waals surface area contributed by atoms with Crippen molar-refractivity contribution in [3.8, 4) is 0 Å². The first-order chi connectivity index (χ1) is 21.8. The summed E-state index contributed by atoms with van der Waals surface area (Å²) in [5.74, 6) is 3.99. The molecule has 0 aromatic carbocycles. The average molecular weight is 709 g/mol. The van der Waals surface area contributed by atoms with Crippen LogP contribution in [0.4, 0.5) is 0 Å². The normalized spacial score (nSPS) is 13.4. The molecule has 0 spiro atoms. The zero-order chi connectivity index (χ0) is 33.5. The summed E-state index contributed by atoms with van der Waals surface area (Å²) in [4.78, 5) is 0. The van der Waals surface area contributed by atoms with Crippen LogP contribution < -0.4 is 0 Å². The Bertz CT molecular complexity index is 569. The summed E-state index contributed by atoms with van der Waals surface area (Å²) in [5, 5.41) is 0. The van der Waals surface area contributed by atoms with Gasteiger partial charge in [-0.3, -0.25) is 0 Å². The van der Waals surface area contributed by atoms with Crippen LogP contribution in [-0.2, 0) is 4.31 Å². The Morgan fingerprint density at radius 3 is 0.911 bits per heavy atom. The summed E-state index contributed by atoms with van der Waals surface area (Å²) in [6.45, 7) is 16.3. The first-order valence-corrected chi connectivity index (χ1v) is 27.9. The van der Waals surface area contributed by atoms with E-state index >= 15 is 0 Å². The van der Waals surface area contributed by atoms with Crippen molar-refractivity contribution in [2.75, 3.05) is 36.2 Å². The molecule has 0 aliphatic rings. The Balaban J connectivity index is 5.89. The van der Waals surface area contributed by atoms with Gasteiger partial charge in [0.1, 0.15) is 0 Å². The van der Waals surface area contributed by atoms with Crippen LogP contribution in [0, 0.1) is 11.8 Å². The van der Waals surface area contributed by atoms with E-state index in [1.165, 1.54) is 190 Å². The van der Waals surface area contributed by atoms with Gasteiger partial charge in [0, 0.05) is 0 Å². The Morgan fingerprint density at radius 1 is 0.400 bits per heavy atom. The third-order valence-corrected chi connectivity index (χ3v) is 25.1. The topological polar surface area (TPSA) is 9.23 Å². The van der Waals surface area contributed by atoms with Crippen LogP contribution >= 0.6 is 36.1 Å². The summed E-state index contributed by atoms with van der Waals surface area (Å²) >= 11 is 4.45. The van der Waals surface area contributed by atoms with Crippen molar-refractivity contribution in [3.05, 3.63) is 0 Å². The third kappa shape index (κ3) is 26.1. The van der Waals surface area contributed by atoms with Crippen LogP contribution in [0.2, 0.25) is 0 Å². The zero-order valence-electron chi connectivity index (χ0n) is 32.5. The maximum atomic E-state index is 8.09. The molecule has 0 amide bonds. The second kappa shape index (κ2) is 31.5. The first-order valence-electron chi connectivity index (χ1n) is 20.5. The molecule has 0 aromatic rings. The first kappa shape index (κ1) is 46.5. The molecule has 45 heavy (non-hydrogen) atoms. The molecule has 1 nitrogen and oxygen atoms in total. The van der Waals surface area contributed by atoms with Gasteiger partial charge in [0.05, 0.1) is 0 Å². The summed E-state index contributed by atoms with van der Waals surface area (Å²) in [6.07, 6.45) is 39.8. The van der Waals surface area contributed by atoms with E-state index in [4.69, 9.17) is 4.31 Å². The summed E-state index contributed by atoms with van der Waals surface area (Å²) in [5.41, 5.74) is 0. The van der Waals surface area contributed by atoms with Crippen LogP contribution in [0.1, 0.15) is 209 Å². The van der Waals surface area contributed by atoms with E-state index in [0.29, 0.717) is 0 Å². The Kier molecular flexibility index (Phi) is 32.6. The third-order valence-electron chi connectivity index (χ3n) is 9.63. The number of hydrogen-bond acceptors (Lipinski definition) is 3. The van der Waals surface area contributed by atoms with Crippen LogP contribution in [-0.4, -0.2) is 36.2 Å². The van der Waals surface area contributed by atoms with E-state index in [2.05, 4.69) is 78.2 Å². The van der Waals surface area contributed by atoms with E-state index in [9.17, 15) is 0 Å². The Hall–Kier alpha value is 1.52. The molecule has 0 heterocycles. The molecule has 0 fully saturated rings. The van der Waals surface area contributed by atoms with Gasteiger partial charge >= 0.3 is 285 Å². The van der Waals surface area contributed by atoms with Crippen LogP contribution in [0.5, 0.6) is 0 Å². The number of hydrogen-bond donors (Lipinski definition) is 0. The van der Waals surface area contributed by atoms with Crippen molar-refractivity contribution in [2.24, 2.45) is 11.8 Å². The molecule has 0 unspecified atom stereocenters. The molecule has 0 saturated heterocycles. The minimum absolute atomic E-state index is 0.485. The van der Waals surface area contributed by atoms with Gasteiger partial charge in [0.25, 0.3) is 0 Å². The Morgan fingerprint density at radius 2 is 0.644 bits per heavy atom. The maximum absolute atomic E-state index is 8.09. The SMILES string of the molecule is CCCCCCCCCCCCCCP(CCCCCC)(CCCCCC)(CCCCCC)OP(SCC(C)C)SCC(C)C. The number of unbranched alkanes of at least 4 members (excludes halogenated alkanes) is 20. The van der Waals surface area contributed by atoms with Crippen molar-refractivity contribution < 1.29 is 4.31 Å². The van der Waals surface area contributed by atoms with Gasteiger partial charge in [-0.2, -0.15) is 0 Å². The average Bonchev–Trinajstić information content (AvgIpc) is 3.02. The second-order valence-electron chi connectivity index (χ2n) is 15.5. The Labute approximate surface area is 296 Å². The monoisotopic (exact) mass is 709 g/mol. The zero-order valence-corrected chi connectivity index (χ0v) is 35.9. The molecule has 274 valence electrons. The van der Waals surface area contributed by atoms with Gasteiger partial charge in [-0.05, 0) is 0 Å². The van der Waals surface area contributed by atoms with Crippen LogP contribution in [0.3, 0.4) is 0 Å². The van der Waals surface area contributed by atoms with Gasteiger partial charge in [-0.1, -0.05) is 13.3 Å². The quantitative estimate of drug-likeness (QED) is 0.0474. The van der Waals surface area contributed by atoms with Crippen molar-refractivity contribution in [2.45, 2.75) is 209 Å². The fraction of sp³-hybridized carbons (Fsp3) is 1.00. The fourth-order valence-corrected chi connectivity index (χ4v) is 25.0. The molecule has 0 N–H and O–H groups in total. The predicted octanol–water partition coefficient (Wildman–Crippen LogP) is 16.9. The molecule has 0 saturated carbocycles. The van der Waals surface area contributed by atoms with Crippen LogP contribution in [0.15, 0.2) is 0 Å². The van der Waals surface area contributed by atoms with Crippen molar-refractivity contribution >= 4 is 36.1 Å². The second-order valence-corrected chi connectivity index (χ2v) is 27.5. The summed E-state index contributed by atoms with van der Waals surface area (Å²) in [7, 11) is 0. The van der Waals surface area contributed by atoms with Gasteiger partial charge in [0.2, 0.25) is 0 Å². The standard InChI is InChI=1S/C40H86OP2S2/c1-9-13-17-21-22-23-24-25-26-27-28-32-36-43(33-29-18-14-10-2,34-30-19-15-11-3,35-31-20-16-12-4)41-42(44-37-39(5)6)45-38-40(7)8/h39-40H,9-38H2,1-8H3. The van der Waals surface area contributed by atoms with Gasteiger partial charge in [-0.15, -0.1) is 0 Å². The van der Waals surface area contributed by atoms with E-state index < -0.39 is 13.4 Å². The summed E-state index contributed by atoms with van der Waals surface area (Å²) < 4.78 is 8.09. The molecule has 5 heteroatoms. The van der Waals surface area contributed by atoms with Crippen molar-refractivity contribution in [3.63, 3.8) is 0 Å². The van der Waals surface area contributed by atoms with Gasteiger partial charge in [0.15, 0.2) is 0 Å². The molecular weight excluding hydrogens is 623 g/mol. The fourth-order valence-electron chi connectivity index (χ4n) is 6.70. The van der Waals surface area contributed by atoms with Crippen molar-refractivity contribution in [1.29, 1.82) is 0 Å². The van der Waals surface area contributed by atoms with Gasteiger partial charge in [-0.25, -0.2) is 0 Å². The van der Waals surface area contributed by atoms with E-state index in [1.807, 2.05) is 0 Å². The van der Waals surface area contributed by atoms with E-state index in [0.717, 1.165) is 11.8 Å². The predicted molar refractivity (Wildman–Crippen MR) is 222 cm³/mol. The van der Waals surface area contributed by atoms with Gasteiger partial charge < -0.3 is 0 Å². The van der Waals surface area contributed by atoms with E-state index in [-0.39, 0.29) is 0 Å². The molecule has 0 rings (SSSR count). The molecule has 0 aliphatic carbocycles. The van der Waals surface area contributed by atoms with Crippen LogP contribution in [0.25, 0.3) is 0 Å². The number of rotatable bonds is 36. The molecular formula is C40H86OP2S2. The molecule has 0 radical (unpaired) electrons. The minimum atomic E-state index is -2.33. The molecule has 0 aliphatic heterocycles.